The standard InChI is InChI=1S/C48H34O2/c1-47(2)35-26-34-36(25-33(35)42-37(47)24-32(28-17-9-6-10-18-28)45-44(42)30-20-12-14-22-40(30)49-45)48(3,4)38-23-31(27-15-7-5-8-16-27)41-29-19-11-13-21-39(29)50-46(41)43(34)38/h5-26H,1-4H3. The Kier molecular flexibility index (Phi) is 5.28. The SMILES string of the molecule is CC1(C)c2cc3c(cc2-c2c1cc(-c1ccccc1)c1c2oc2ccccc21)C(C)(C)c1cc(-c2ccccc2)c2oc4ccccc4c2c1-3. The number of benzene rings is 7. The van der Waals surface area contributed by atoms with Gasteiger partial charge in [0.05, 0.1) is 0 Å². The lowest BCUT2D eigenvalue weighted by Crippen LogP contribution is -2.17. The van der Waals surface area contributed by atoms with Crippen LogP contribution in [0.25, 0.3) is 88.4 Å². The van der Waals surface area contributed by atoms with E-state index in [4.69, 9.17) is 8.83 Å². The minimum Gasteiger partial charge on any atom is -0.455 e. The van der Waals surface area contributed by atoms with Crippen molar-refractivity contribution in [1.29, 1.82) is 0 Å². The fourth-order valence-electron chi connectivity index (χ4n) is 9.35. The van der Waals surface area contributed by atoms with Crippen LogP contribution in [0.1, 0.15) is 49.9 Å². The lowest BCUT2D eigenvalue weighted by Gasteiger charge is -2.24. The number of hydrogen-bond acceptors (Lipinski definition) is 2. The van der Waals surface area contributed by atoms with Gasteiger partial charge in [-0.2, -0.15) is 0 Å². The van der Waals surface area contributed by atoms with E-state index in [2.05, 4.69) is 161 Å². The summed E-state index contributed by atoms with van der Waals surface area (Å²) >= 11 is 0. The molecule has 0 saturated heterocycles. The Hall–Kier alpha value is -5.86. The van der Waals surface area contributed by atoms with Gasteiger partial charge in [0.2, 0.25) is 0 Å². The third-order valence-electron chi connectivity index (χ3n) is 11.9. The van der Waals surface area contributed by atoms with E-state index < -0.39 is 0 Å². The van der Waals surface area contributed by atoms with Crippen molar-refractivity contribution in [1.82, 2.24) is 0 Å². The molecule has 2 nitrogen and oxygen atoms in total. The van der Waals surface area contributed by atoms with Gasteiger partial charge in [-0.3, -0.25) is 0 Å². The Morgan fingerprint density at radius 3 is 1.44 bits per heavy atom. The van der Waals surface area contributed by atoms with Crippen LogP contribution in [-0.2, 0) is 10.8 Å². The second-order valence-corrected chi connectivity index (χ2v) is 15.2. The first-order valence-corrected chi connectivity index (χ1v) is 17.6. The molecule has 0 spiro atoms. The van der Waals surface area contributed by atoms with Crippen molar-refractivity contribution in [3.05, 3.63) is 156 Å². The number of hydrogen-bond donors (Lipinski definition) is 0. The van der Waals surface area contributed by atoms with E-state index in [1.807, 2.05) is 0 Å². The van der Waals surface area contributed by atoms with Crippen LogP contribution in [0.15, 0.2) is 142 Å². The summed E-state index contributed by atoms with van der Waals surface area (Å²) in [5, 5.41) is 4.73. The predicted molar refractivity (Wildman–Crippen MR) is 207 cm³/mol. The van der Waals surface area contributed by atoms with E-state index in [0.29, 0.717) is 0 Å². The quantitative estimate of drug-likeness (QED) is 0.188. The van der Waals surface area contributed by atoms with E-state index in [0.717, 1.165) is 33.3 Å². The van der Waals surface area contributed by atoms with Crippen molar-refractivity contribution in [2.45, 2.75) is 38.5 Å². The van der Waals surface area contributed by atoms with Crippen molar-refractivity contribution in [3.8, 4) is 44.5 Å². The summed E-state index contributed by atoms with van der Waals surface area (Å²) in [5.74, 6) is 0. The van der Waals surface area contributed by atoms with Gasteiger partial charge in [0, 0.05) is 43.5 Å². The highest BCUT2D eigenvalue weighted by molar-refractivity contribution is 6.20. The summed E-state index contributed by atoms with van der Waals surface area (Å²) < 4.78 is 13.6. The summed E-state index contributed by atoms with van der Waals surface area (Å²) in [6.45, 7) is 9.55. The van der Waals surface area contributed by atoms with Crippen LogP contribution in [-0.4, -0.2) is 0 Å². The summed E-state index contributed by atoms with van der Waals surface area (Å²) in [6.07, 6.45) is 0. The maximum absolute atomic E-state index is 6.89. The van der Waals surface area contributed by atoms with Crippen LogP contribution in [0.3, 0.4) is 0 Å². The van der Waals surface area contributed by atoms with Crippen LogP contribution >= 0.6 is 0 Å². The highest BCUT2D eigenvalue weighted by atomic mass is 16.3. The average Bonchev–Trinajstić information content (AvgIpc) is 3.84. The zero-order valence-electron chi connectivity index (χ0n) is 28.5. The molecule has 0 unspecified atom stereocenters. The molecule has 9 aromatic rings. The van der Waals surface area contributed by atoms with Crippen LogP contribution in [0.4, 0.5) is 0 Å². The molecule has 2 aliphatic rings. The van der Waals surface area contributed by atoms with Gasteiger partial charge in [0.15, 0.2) is 0 Å². The van der Waals surface area contributed by atoms with E-state index >= 15 is 0 Å². The van der Waals surface area contributed by atoms with Gasteiger partial charge < -0.3 is 8.83 Å². The van der Waals surface area contributed by atoms with Crippen LogP contribution in [0, 0.1) is 0 Å². The molecule has 2 heterocycles. The van der Waals surface area contributed by atoms with Gasteiger partial charge in [0.1, 0.15) is 22.3 Å². The van der Waals surface area contributed by atoms with Gasteiger partial charge >= 0.3 is 0 Å². The number of furan rings is 2. The molecule has 0 amide bonds. The Bertz CT molecular complexity index is 2900. The smallest absolute Gasteiger partial charge is 0.144 e. The zero-order chi connectivity index (χ0) is 33.5. The normalized spacial score (nSPS) is 15.1. The molecule has 0 atom stereocenters. The summed E-state index contributed by atoms with van der Waals surface area (Å²) in [4.78, 5) is 0. The largest absolute Gasteiger partial charge is 0.455 e. The molecule has 238 valence electrons. The second kappa shape index (κ2) is 9.43. The second-order valence-electron chi connectivity index (χ2n) is 15.2. The van der Waals surface area contributed by atoms with Crippen LogP contribution in [0.2, 0.25) is 0 Å². The molecule has 0 radical (unpaired) electrons. The first-order valence-electron chi connectivity index (χ1n) is 17.6. The molecule has 0 aliphatic heterocycles. The highest BCUT2D eigenvalue weighted by Crippen LogP contribution is 2.61. The summed E-state index contributed by atoms with van der Waals surface area (Å²) in [7, 11) is 0. The van der Waals surface area contributed by atoms with Gasteiger partial charge in [-0.1, -0.05) is 125 Å². The van der Waals surface area contributed by atoms with E-state index in [-0.39, 0.29) is 10.8 Å². The molecule has 0 N–H and O–H groups in total. The number of para-hydroxylation sites is 2. The van der Waals surface area contributed by atoms with Gasteiger partial charge in [-0.05, 0) is 92.0 Å². The van der Waals surface area contributed by atoms with Crippen LogP contribution < -0.4 is 0 Å². The summed E-state index contributed by atoms with van der Waals surface area (Å²) in [6, 6.07) is 48.4. The molecule has 2 aliphatic carbocycles. The van der Waals surface area contributed by atoms with E-state index in [1.165, 1.54) is 77.4 Å². The first kappa shape index (κ1) is 28.0. The molecule has 2 aromatic heterocycles. The van der Waals surface area contributed by atoms with Crippen molar-refractivity contribution < 1.29 is 8.83 Å². The van der Waals surface area contributed by atoms with Crippen LogP contribution in [0.5, 0.6) is 0 Å². The third-order valence-corrected chi connectivity index (χ3v) is 11.9. The molecule has 0 bridgehead atoms. The lowest BCUT2D eigenvalue weighted by molar-refractivity contribution is 0.649. The Morgan fingerprint density at radius 2 is 0.820 bits per heavy atom. The third kappa shape index (κ3) is 3.43. The van der Waals surface area contributed by atoms with Gasteiger partial charge in [-0.15, -0.1) is 0 Å². The minimum atomic E-state index is -0.245. The molecule has 0 fully saturated rings. The van der Waals surface area contributed by atoms with Gasteiger partial charge in [-0.25, -0.2) is 0 Å². The number of rotatable bonds is 2. The first-order chi connectivity index (χ1) is 24.3. The number of fused-ring (bicyclic) bond motifs is 14. The van der Waals surface area contributed by atoms with Crippen molar-refractivity contribution >= 4 is 43.9 Å². The Morgan fingerprint density at radius 1 is 0.380 bits per heavy atom. The summed E-state index contributed by atoms with van der Waals surface area (Å²) in [5.41, 5.74) is 18.5. The highest BCUT2D eigenvalue weighted by Gasteiger charge is 2.44. The monoisotopic (exact) mass is 642 g/mol. The average molecular weight is 643 g/mol. The topological polar surface area (TPSA) is 26.3 Å². The molecule has 2 heteroatoms. The lowest BCUT2D eigenvalue weighted by atomic mass is 9.78. The van der Waals surface area contributed by atoms with Crippen molar-refractivity contribution in [3.63, 3.8) is 0 Å². The molecular weight excluding hydrogens is 609 g/mol. The molecule has 7 aromatic carbocycles. The Balaban J connectivity index is 1.25. The fraction of sp³-hybridized carbons (Fsp3) is 0.125. The fourth-order valence-corrected chi connectivity index (χ4v) is 9.35. The van der Waals surface area contributed by atoms with Gasteiger partial charge in [0.25, 0.3) is 0 Å². The van der Waals surface area contributed by atoms with Crippen molar-refractivity contribution in [2.75, 3.05) is 0 Å². The molecule has 50 heavy (non-hydrogen) atoms. The minimum absolute atomic E-state index is 0.236. The van der Waals surface area contributed by atoms with E-state index in [9.17, 15) is 0 Å². The zero-order valence-corrected chi connectivity index (χ0v) is 28.5. The molecular formula is C48H34O2. The molecule has 11 rings (SSSR count). The van der Waals surface area contributed by atoms with Crippen molar-refractivity contribution in [2.24, 2.45) is 0 Å². The predicted octanol–water partition coefficient (Wildman–Crippen LogP) is 13.4. The maximum Gasteiger partial charge on any atom is 0.144 e. The maximum atomic E-state index is 6.89. The Labute approximate surface area is 290 Å². The van der Waals surface area contributed by atoms with E-state index in [1.54, 1.807) is 0 Å². The molecule has 0 saturated carbocycles.